The van der Waals surface area contributed by atoms with Crippen LogP contribution in [0.25, 0.3) is 0 Å². The van der Waals surface area contributed by atoms with Crippen LogP contribution >= 0.6 is 0 Å². The van der Waals surface area contributed by atoms with E-state index >= 15 is 0 Å². The van der Waals surface area contributed by atoms with Crippen molar-refractivity contribution < 1.29 is 14.7 Å². The van der Waals surface area contributed by atoms with E-state index in [4.69, 9.17) is 10.8 Å². The molecule has 1 rings (SSSR count). The second-order valence-corrected chi connectivity index (χ2v) is 5.71. The molecule has 0 bridgehead atoms. The molecule has 0 aliphatic rings. The Kier molecular flexibility index (Phi) is 6.21. The first kappa shape index (κ1) is 17.0. The predicted molar refractivity (Wildman–Crippen MR) is 83.0 cm³/mol. The van der Waals surface area contributed by atoms with Gasteiger partial charge in [0.1, 0.15) is 0 Å². The van der Waals surface area contributed by atoms with Crippen molar-refractivity contribution in [3.05, 3.63) is 29.8 Å². The number of nitrogens with one attached hydrogen (secondary N) is 1. The van der Waals surface area contributed by atoms with Gasteiger partial charge in [0.2, 0.25) is 5.91 Å². The number of hydrogen-bond donors (Lipinski definition) is 3. The fraction of sp³-hybridized carbons (Fsp3) is 0.500. The molecule has 4 N–H and O–H groups in total. The number of unbranched alkanes of at least 4 members (excludes halogenated alkanes) is 2. The molecule has 0 fully saturated rings. The molecule has 1 amide bonds. The maximum atomic E-state index is 12.3. The van der Waals surface area contributed by atoms with Gasteiger partial charge in [-0.3, -0.25) is 9.59 Å². The molecule has 5 nitrogen and oxygen atoms in total. The van der Waals surface area contributed by atoms with Crippen molar-refractivity contribution in [3.63, 3.8) is 0 Å². The minimum Gasteiger partial charge on any atom is -0.481 e. The molecule has 0 spiro atoms. The third-order valence-electron chi connectivity index (χ3n) is 3.55. The number of carbonyl (C=O) groups excluding carboxylic acids is 1. The number of nitrogen functional groups attached to an aromatic ring is 1. The number of rotatable bonds is 8. The van der Waals surface area contributed by atoms with Gasteiger partial charge >= 0.3 is 5.97 Å². The zero-order valence-electron chi connectivity index (χ0n) is 12.7. The molecule has 1 aromatic carbocycles. The second kappa shape index (κ2) is 7.67. The van der Waals surface area contributed by atoms with Crippen LogP contribution in [0.2, 0.25) is 0 Å². The van der Waals surface area contributed by atoms with E-state index in [1.54, 1.807) is 12.1 Å². The largest absolute Gasteiger partial charge is 0.481 e. The summed E-state index contributed by atoms with van der Waals surface area (Å²) in [6.07, 6.45) is 2.42. The Bertz CT molecular complexity index is 481. The Hall–Kier alpha value is -2.04. The zero-order chi connectivity index (χ0) is 15.9. The Balaban J connectivity index is 2.39. The normalized spacial score (nSPS) is 11.1. The van der Waals surface area contributed by atoms with Gasteiger partial charge in [-0.2, -0.15) is 0 Å². The number of amides is 1. The van der Waals surface area contributed by atoms with Gasteiger partial charge in [-0.25, -0.2) is 0 Å². The van der Waals surface area contributed by atoms with Crippen LogP contribution in [-0.2, 0) is 15.0 Å². The predicted octanol–water partition coefficient (Wildman–Crippen LogP) is 2.31. The van der Waals surface area contributed by atoms with Gasteiger partial charge in [-0.05, 0) is 44.4 Å². The van der Waals surface area contributed by atoms with Crippen molar-refractivity contribution in [2.24, 2.45) is 0 Å². The van der Waals surface area contributed by atoms with E-state index < -0.39 is 11.4 Å². The Morgan fingerprint density at radius 2 is 1.76 bits per heavy atom. The average molecular weight is 292 g/mol. The van der Waals surface area contributed by atoms with Crippen LogP contribution in [0.15, 0.2) is 24.3 Å². The molecule has 0 unspecified atom stereocenters. The molecular formula is C16H24N2O3. The number of aliphatic carboxylic acids is 1. The van der Waals surface area contributed by atoms with Crippen molar-refractivity contribution in [1.29, 1.82) is 0 Å². The van der Waals surface area contributed by atoms with Crippen LogP contribution < -0.4 is 11.1 Å². The van der Waals surface area contributed by atoms with E-state index in [9.17, 15) is 9.59 Å². The number of carboxylic acid groups (broad SMARTS) is 1. The number of anilines is 1. The molecule has 1 aromatic rings. The van der Waals surface area contributed by atoms with E-state index in [2.05, 4.69) is 5.32 Å². The Morgan fingerprint density at radius 1 is 1.14 bits per heavy atom. The molecule has 116 valence electrons. The number of carbonyl (C=O) groups is 2. The lowest BCUT2D eigenvalue weighted by atomic mass is 9.83. The van der Waals surface area contributed by atoms with E-state index in [0.717, 1.165) is 18.4 Å². The number of carboxylic acids is 1. The summed E-state index contributed by atoms with van der Waals surface area (Å²) in [4.78, 5) is 22.6. The van der Waals surface area contributed by atoms with Gasteiger partial charge in [-0.15, -0.1) is 0 Å². The summed E-state index contributed by atoms with van der Waals surface area (Å²) in [5.41, 5.74) is 6.63. The summed E-state index contributed by atoms with van der Waals surface area (Å²) in [5, 5.41) is 11.4. The van der Waals surface area contributed by atoms with Crippen molar-refractivity contribution in [1.82, 2.24) is 5.32 Å². The lowest BCUT2D eigenvalue weighted by Crippen LogP contribution is -2.40. The highest BCUT2D eigenvalue weighted by molar-refractivity contribution is 5.87. The van der Waals surface area contributed by atoms with Crippen LogP contribution in [0.3, 0.4) is 0 Å². The first-order valence-electron chi connectivity index (χ1n) is 7.20. The maximum Gasteiger partial charge on any atom is 0.303 e. The quantitative estimate of drug-likeness (QED) is 0.506. The summed E-state index contributed by atoms with van der Waals surface area (Å²) in [7, 11) is 0. The van der Waals surface area contributed by atoms with Gasteiger partial charge in [0.05, 0.1) is 5.41 Å². The van der Waals surface area contributed by atoms with Gasteiger partial charge in [-0.1, -0.05) is 18.6 Å². The minimum absolute atomic E-state index is 0.0366. The third kappa shape index (κ3) is 5.45. The second-order valence-electron chi connectivity index (χ2n) is 5.71. The van der Waals surface area contributed by atoms with Crippen LogP contribution in [0.5, 0.6) is 0 Å². The molecule has 0 aliphatic heterocycles. The topological polar surface area (TPSA) is 92.4 Å². The molecule has 0 aromatic heterocycles. The highest BCUT2D eigenvalue weighted by atomic mass is 16.4. The van der Waals surface area contributed by atoms with Gasteiger partial charge in [0.25, 0.3) is 0 Å². The Morgan fingerprint density at radius 3 is 2.33 bits per heavy atom. The smallest absolute Gasteiger partial charge is 0.303 e. The molecule has 0 saturated heterocycles. The summed E-state index contributed by atoms with van der Waals surface area (Å²) < 4.78 is 0. The summed E-state index contributed by atoms with van der Waals surface area (Å²) in [5.74, 6) is -0.811. The standard InChI is InChI=1S/C16H24N2O3/c1-16(2,12-7-9-13(17)10-8-12)15(21)18-11-5-3-4-6-14(19)20/h7-10H,3-6,11,17H2,1-2H3,(H,18,21)(H,19,20). The molecule has 0 atom stereocenters. The van der Waals surface area contributed by atoms with E-state index in [1.807, 2.05) is 26.0 Å². The zero-order valence-corrected chi connectivity index (χ0v) is 12.7. The number of benzene rings is 1. The average Bonchev–Trinajstić information content (AvgIpc) is 2.42. The van der Waals surface area contributed by atoms with Gasteiger partial charge < -0.3 is 16.2 Å². The number of hydrogen-bond acceptors (Lipinski definition) is 3. The Labute approximate surface area is 125 Å². The van der Waals surface area contributed by atoms with Crippen LogP contribution in [0.1, 0.15) is 45.1 Å². The molecule has 0 saturated carbocycles. The van der Waals surface area contributed by atoms with E-state index in [1.165, 1.54) is 0 Å². The van der Waals surface area contributed by atoms with Crippen molar-refractivity contribution in [2.45, 2.75) is 44.9 Å². The molecule has 0 heterocycles. The summed E-state index contributed by atoms with van der Waals surface area (Å²) >= 11 is 0. The molecular weight excluding hydrogens is 268 g/mol. The third-order valence-corrected chi connectivity index (χ3v) is 3.55. The van der Waals surface area contributed by atoms with Gasteiger partial charge in [0, 0.05) is 18.7 Å². The molecule has 0 aliphatic carbocycles. The summed E-state index contributed by atoms with van der Waals surface area (Å²) in [6.45, 7) is 4.31. The highest BCUT2D eigenvalue weighted by Crippen LogP contribution is 2.24. The fourth-order valence-electron chi connectivity index (χ4n) is 2.03. The first-order valence-corrected chi connectivity index (χ1v) is 7.20. The highest BCUT2D eigenvalue weighted by Gasteiger charge is 2.29. The first-order chi connectivity index (χ1) is 9.84. The van der Waals surface area contributed by atoms with Crippen molar-refractivity contribution >= 4 is 17.6 Å². The van der Waals surface area contributed by atoms with Crippen molar-refractivity contribution in [2.75, 3.05) is 12.3 Å². The van der Waals surface area contributed by atoms with E-state index in [0.29, 0.717) is 18.7 Å². The molecule has 21 heavy (non-hydrogen) atoms. The molecule has 5 heteroatoms. The van der Waals surface area contributed by atoms with Crippen LogP contribution in [0, 0.1) is 0 Å². The number of nitrogens with two attached hydrogens (primary N) is 1. The lowest BCUT2D eigenvalue weighted by molar-refractivity contribution is -0.137. The summed E-state index contributed by atoms with van der Waals surface area (Å²) in [6, 6.07) is 7.30. The maximum absolute atomic E-state index is 12.3. The monoisotopic (exact) mass is 292 g/mol. The van der Waals surface area contributed by atoms with Crippen molar-refractivity contribution in [3.8, 4) is 0 Å². The van der Waals surface area contributed by atoms with Gasteiger partial charge in [0.15, 0.2) is 0 Å². The minimum atomic E-state index is -0.775. The van der Waals surface area contributed by atoms with Crippen LogP contribution in [-0.4, -0.2) is 23.5 Å². The van der Waals surface area contributed by atoms with E-state index in [-0.39, 0.29) is 12.3 Å². The SMILES string of the molecule is CC(C)(C(=O)NCCCCCC(=O)O)c1ccc(N)cc1. The fourth-order valence-corrected chi connectivity index (χ4v) is 2.03. The lowest BCUT2D eigenvalue weighted by Gasteiger charge is -2.24. The van der Waals surface area contributed by atoms with Crippen LogP contribution in [0.4, 0.5) is 5.69 Å². The molecule has 0 radical (unpaired) electrons.